The number of alkyl halides is 3. The fourth-order valence-electron chi connectivity index (χ4n) is 4.32. The number of allylic oxidation sites excluding steroid dienone is 1. The molecular weight excluding hydrogens is 519 g/mol. The predicted molar refractivity (Wildman–Crippen MR) is 150 cm³/mol. The molecule has 0 unspecified atom stereocenters. The lowest BCUT2D eigenvalue weighted by Gasteiger charge is -2.24. The molecular formula is C29H31F3N7O+. The molecule has 0 radical (unpaired) electrons. The first-order valence-corrected chi connectivity index (χ1v) is 12.6. The average Bonchev–Trinajstić information content (AvgIpc) is 3.36. The van der Waals surface area contributed by atoms with E-state index >= 15 is 0 Å². The Balaban J connectivity index is 1.96. The van der Waals surface area contributed by atoms with Gasteiger partial charge in [0.05, 0.1) is 40.9 Å². The number of imidazole rings is 1. The maximum atomic E-state index is 14.1. The van der Waals surface area contributed by atoms with Gasteiger partial charge in [0.1, 0.15) is 11.9 Å². The van der Waals surface area contributed by atoms with Gasteiger partial charge in [-0.25, -0.2) is 9.97 Å². The van der Waals surface area contributed by atoms with Crippen LogP contribution in [-0.4, -0.2) is 38.7 Å². The Bertz CT molecular complexity index is 1610. The first-order chi connectivity index (χ1) is 18.8. The van der Waals surface area contributed by atoms with E-state index in [-0.39, 0.29) is 11.1 Å². The average molecular weight is 551 g/mol. The van der Waals surface area contributed by atoms with Crippen LogP contribution in [0.1, 0.15) is 49.4 Å². The van der Waals surface area contributed by atoms with Crippen molar-refractivity contribution in [2.24, 2.45) is 5.73 Å². The molecule has 6 N–H and O–H groups in total. The third-order valence-electron chi connectivity index (χ3n) is 6.06. The first kappa shape index (κ1) is 28.5. The molecule has 2 aromatic heterocycles. The van der Waals surface area contributed by atoms with Gasteiger partial charge in [-0.1, -0.05) is 18.2 Å². The Kier molecular flexibility index (Phi) is 7.79. The summed E-state index contributed by atoms with van der Waals surface area (Å²) in [6, 6.07) is 10.8. The van der Waals surface area contributed by atoms with Crippen LogP contribution < -0.4 is 16.4 Å². The van der Waals surface area contributed by atoms with Crippen LogP contribution in [-0.2, 0) is 6.18 Å². The minimum atomic E-state index is -4.71. The number of benzene rings is 2. The zero-order valence-electron chi connectivity index (χ0n) is 22.6. The van der Waals surface area contributed by atoms with E-state index in [4.69, 9.17) is 11.1 Å². The Labute approximate surface area is 229 Å². The Hall–Kier alpha value is -4.51. The van der Waals surface area contributed by atoms with Gasteiger partial charge >= 0.3 is 6.18 Å². The zero-order chi connectivity index (χ0) is 29.2. The van der Waals surface area contributed by atoms with Crippen molar-refractivity contribution >= 4 is 34.3 Å². The summed E-state index contributed by atoms with van der Waals surface area (Å²) in [5.74, 6) is -0.651. The molecule has 0 atom stereocenters. The number of rotatable bonds is 8. The molecule has 1 amide bonds. The second kappa shape index (κ2) is 10.9. The van der Waals surface area contributed by atoms with Gasteiger partial charge in [-0.2, -0.15) is 13.2 Å². The van der Waals surface area contributed by atoms with Gasteiger partial charge in [-0.05, 0) is 63.1 Å². The summed E-state index contributed by atoms with van der Waals surface area (Å²) in [6.45, 7) is 8.46. The van der Waals surface area contributed by atoms with Crippen molar-refractivity contribution < 1.29 is 23.3 Å². The summed E-state index contributed by atoms with van der Waals surface area (Å²) in [7, 11) is 0. The number of hydrogen-bond donors (Lipinski definition) is 4. The third-order valence-corrected chi connectivity index (χ3v) is 6.06. The highest BCUT2D eigenvalue weighted by Crippen LogP contribution is 2.38. The maximum absolute atomic E-state index is 14.1. The number of amides is 1. The topological polar surface area (TPSA) is 126 Å². The normalized spacial score (nSPS) is 12.5. The molecule has 208 valence electrons. The van der Waals surface area contributed by atoms with Crippen LogP contribution in [0.5, 0.6) is 0 Å². The second-order valence-corrected chi connectivity index (χ2v) is 10.3. The van der Waals surface area contributed by atoms with E-state index in [1.54, 1.807) is 47.3 Å². The van der Waals surface area contributed by atoms with Crippen molar-refractivity contribution in [2.75, 3.05) is 11.9 Å². The SMILES string of the molecule is CC[NH2+]/C=C(\C=N)c1cn(-c2cccc3c(-c4ccc(C(N)=O)c(NC(C)(C)C)c4)cc(C(F)(F)F)nc23)cn1. The smallest absolute Gasteiger partial charge is 0.380 e. The van der Waals surface area contributed by atoms with Crippen LogP contribution in [0, 0.1) is 5.41 Å². The van der Waals surface area contributed by atoms with Crippen molar-refractivity contribution in [3.8, 4) is 16.8 Å². The summed E-state index contributed by atoms with van der Waals surface area (Å²) in [5.41, 5.74) is 7.08. The Morgan fingerprint density at radius 3 is 2.55 bits per heavy atom. The molecule has 0 aliphatic heterocycles. The van der Waals surface area contributed by atoms with Crippen molar-refractivity contribution in [3.63, 3.8) is 0 Å². The van der Waals surface area contributed by atoms with E-state index in [1.165, 1.54) is 18.6 Å². The molecule has 0 fully saturated rings. The van der Waals surface area contributed by atoms with Crippen LogP contribution in [0.4, 0.5) is 18.9 Å². The molecule has 0 aliphatic carbocycles. The quantitative estimate of drug-likeness (QED) is 0.231. The summed E-state index contributed by atoms with van der Waals surface area (Å²) in [5, 5.41) is 13.3. The molecule has 0 aliphatic rings. The first-order valence-electron chi connectivity index (χ1n) is 12.6. The number of nitrogens with two attached hydrogens (primary N) is 2. The number of anilines is 1. The number of halogens is 3. The van der Waals surface area contributed by atoms with E-state index in [0.29, 0.717) is 39.2 Å². The van der Waals surface area contributed by atoms with E-state index < -0.39 is 23.3 Å². The summed E-state index contributed by atoms with van der Waals surface area (Å²) in [4.78, 5) is 20.5. The van der Waals surface area contributed by atoms with Crippen LogP contribution in [0.3, 0.4) is 0 Å². The number of carbonyl (C=O) groups excluding carboxylic acids is 1. The highest BCUT2D eigenvalue weighted by molar-refractivity contribution is 6.07. The van der Waals surface area contributed by atoms with Crippen molar-refractivity contribution in [1.82, 2.24) is 14.5 Å². The molecule has 8 nitrogen and oxygen atoms in total. The summed E-state index contributed by atoms with van der Waals surface area (Å²) >= 11 is 0. The van der Waals surface area contributed by atoms with Gasteiger partial charge in [0.25, 0.3) is 5.91 Å². The zero-order valence-corrected chi connectivity index (χ0v) is 22.6. The number of primary amides is 1. The van der Waals surface area contributed by atoms with Gasteiger partial charge in [-0.3, -0.25) is 4.79 Å². The molecule has 0 saturated heterocycles. The van der Waals surface area contributed by atoms with Gasteiger partial charge in [0.15, 0.2) is 0 Å². The molecule has 0 spiro atoms. The minimum Gasteiger partial charge on any atom is -0.380 e. The highest BCUT2D eigenvalue weighted by Gasteiger charge is 2.34. The number of aromatic nitrogens is 3. The van der Waals surface area contributed by atoms with Gasteiger partial charge < -0.3 is 26.3 Å². The standard InChI is InChI=1S/C29H30F3N7O/c1-5-35-14-18(13-33)23-15-39(16-36-23)24-8-6-7-19-21(12-25(29(30,31)32)37-26(19)24)17-9-10-20(27(34)40)22(11-17)38-28(2,3)4/h6-16,33,35,38H,5H2,1-4H3,(H2,34,40)/p+1/b18-14+,33-13?. The van der Waals surface area contributed by atoms with Gasteiger partial charge in [-0.15, -0.1) is 0 Å². The molecule has 11 heteroatoms. The fraction of sp³-hybridized carbons (Fsp3) is 0.241. The van der Waals surface area contributed by atoms with Crippen LogP contribution in [0.25, 0.3) is 33.3 Å². The van der Waals surface area contributed by atoms with Crippen LogP contribution in [0.2, 0.25) is 0 Å². The lowest BCUT2D eigenvalue weighted by molar-refractivity contribution is -0.583. The molecule has 2 aromatic carbocycles. The maximum Gasteiger partial charge on any atom is 0.433 e. The van der Waals surface area contributed by atoms with Crippen LogP contribution in [0.15, 0.2) is 61.2 Å². The Morgan fingerprint density at radius 1 is 1.18 bits per heavy atom. The predicted octanol–water partition coefficient (Wildman–Crippen LogP) is 4.99. The van der Waals surface area contributed by atoms with E-state index in [1.807, 2.05) is 33.0 Å². The summed E-state index contributed by atoms with van der Waals surface area (Å²) < 4.78 is 43.9. The number of nitrogens with zero attached hydrogens (tertiary/aromatic N) is 3. The summed E-state index contributed by atoms with van der Waals surface area (Å²) in [6.07, 6.45) is 1.40. The molecule has 40 heavy (non-hydrogen) atoms. The fourth-order valence-corrected chi connectivity index (χ4v) is 4.32. The number of para-hydroxylation sites is 1. The third kappa shape index (κ3) is 6.04. The molecule has 0 bridgehead atoms. The van der Waals surface area contributed by atoms with E-state index in [0.717, 1.165) is 12.6 Å². The number of hydrogen-bond acceptors (Lipinski definition) is 5. The molecule has 0 saturated carbocycles. The van der Waals surface area contributed by atoms with Gasteiger partial charge in [0.2, 0.25) is 0 Å². The minimum absolute atomic E-state index is 0.126. The van der Waals surface area contributed by atoms with E-state index in [9.17, 15) is 18.0 Å². The van der Waals surface area contributed by atoms with E-state index in [2.05, 4.69) is 15.3 Å². The number of carbonyl (C=O) groups is 1. The molecule has 2 heterocycles. The number of nitrogens with one attached hydrogen (secondary N) is 2. The monoisotopic (exact) mass is 550 g/mol. The molecule has 4 aromatic rings. The number of fused-ring (bicyclic) bond motifs is 1. The lowest BCUT2D eigenvalue weighted by atomic mass is 9.96. The second-order valence-electron chi connectivity index (χ2n) is 10.3. The number of quaternary nitrogens is 1. The highest BCUT2D eigenvalue weighted by atomic mass is 19.4. The Morgan fingerprint density at radius 2 is 1.93 bits per heavy atom. The molecule has 4 rings (SSSR count). The number of pyridine rings is 1. The lowest BCUT2D eigenvalue weighted by Crippen LogP contribution is -2.77. The largest absolute Gasteiger partial charge is 0.433 e. The van der Waals surface area contributed by atoms with Crippen molar-refractivity contribution in [3.05, 3.63) is 78.1 Å². The van der Waals surface area contributed by atoms with Crippen LogP contribution >= 0.6 is 0 Å². The van der Waals surface area contributed by atoms with Crippen molar-refractivity contribution in [1.29, 1.82) is 5.41 Å². The van der Waals surface area contributed by atoms with Gasteiger partial charge in [0, 0.05) is 29.0 Å². The van der Waals surface area contributed by atoms with Crippen molar-refractivity contribution in [2.45, 2.75) is 39.4 Å².